The Bertz CT molecular complexity index is 1100. The highest BCUT2D eigenvalue weighted by molar-refractivity contribution is 8.01. The SMILES string of the molecule is COc1ccc2nccc(CCC[C@@H]3CCN(CCCSc4sccc4C)C[C@@H]3C(=O)O)c2c1. The number of thiophene rings is 1. The summed E-state index contributed by atoms with van der Waals surface area (Å²) in [7, 11) is 1.68. The van der Waals surface area contributed by atoms with Crippen LogP contribution in [0.1, 0.15) is 36.8 Å². The van der Waals surface area contributed by atoms with Crippen molar-refractivity contribution in [1.29, 1.82) is 0 Å². The van der Waals surface area contributed by atoms with Crippen LogP contribution in [-0.4, -0.2) is 53.5 Å². The number of nitrogens with zero attached hydrogens (tertiary/aromatic N) is 2. The summed E-state index contributed by atoms with van der Waals surface area (Å²) in [5.41, 5.74) is 3.59. The first-order chi connectivity index (χ1) is 16.5. The first kappa shape index (κ1) is 25.0. The lowest BCUT2D eigenvalue weighted by atomic mass is 9.81. The molecule has 0 unspecified atom stereocenters. The molecule has 7 heteroatoms. The van der Waals surface area contributed by atoms with Crippen molar-refractivity contribution >= 4 is 40.0 Å². The predicted molar refractivity (Wildman–Crippen MR) is 141 cm³/mol. The number of hydrogen-bond donors (Lipinski definition) is 1. The van der Waals surface area contributed by atoms with Crippen molar-refractivity contribution in [3.63, 3.8) is 0 Å². The van der Waals surface area contributed by atoms with Crippen molar-refractivity contribution in [3.05, 3.63) is 53.0 Å². The number of methoxy groups -OCH3 is 1. The van der Waals surface area contributed by atoms with Gasteiger partial charge in [-0.15, -0.1) is 23.1 Å². The molecule has 3 aromatic rings. The number of ether oxygens (including phenoxy) is 1. The molecule has 1 aliphatic heterocycles. The molecule has 2 aromatic heterocycles. The zero-order valence-electron chi connectivity index (χ0n) is 20.0. The topological polar surface area (TPSA) is 62.7 Å². The number of pyridine rings is 1. The van der Waals surface area contributed by atoms with Crippen molar-refractivity contribution in [2.24, 2.45) is 11.8 Å². The van der Waals surface area contributed by atoms with E-state index in [0.717, 1.165) is 67.6 Å². The summed E-state index contributed by atoms with van der Waals surface area (Å²) in [6, 6.07) is 10.2. The maximum atomic E-state index is 12.1. The van der Waals surface area contributed by atoms with E-state index >= 15 is 0 Å². The molecule has 0 radical (unpaired) electrons. The van der Waals surface area contributed by atoms with Crippen LogP contribution in [0.25, 0.3) is 10.9 Å². The molecule has 0 aliphatic carbocycles. The van der Waals surface area contributed by atoms with E-state index in [1.807, 2.05) is 47.5 Å². The fraction of sp³-hybridized carbons (Fsp3) is 0.481. The standard InChI is InChI=1S/C27H34N2O3S2/c1-19-11-16-34-27(19)33-15-4-13-29-14-10-21(24(18-29)26(30)31)6-3-5-20-9-12-28-25-8-7-22(32-2)17-23(20)25/h7-9,11-12,16-17,21,24H,3-6,10,13-15,18H2,1-2H3,(H,30,31)/t21-,24+/m1/s1. The Kier molecular flexibility index (Phi) is 8.86. The maximum Gasteiger partial charge on any atom is 0.308 e. The van der Waals surface area contributed by atoms with Crippen LogP contribution in [0.5, 0.6) is 5.75 Å². The lowest BCUT2D eigenvalue weighted by Crippen LogP contribution is -2.44. The minimum atomic E-state index is -0.641. The van der Waals surface area contributed by atoms with Gasteiger partial charge in [-0.05, 0) is 105 Å². The second-order valence-electron chi connectivity index (χ2n) is 9.13. The third kappa shape index (κ3) is 6.32. The van der Waals surface area contributed by atoms with E-state index < -0.39 is 5.97 Å². The Balaban J connectivity index is 1.26. The van der Waals surface area contributed by atoms with Crippen LogP contribution in [0.4, 0.5) is 0 Å². The molecule has 1 fully saturated rings. The number of aryl methyl sites for hydroxylation is 2. The number of thioether (sulfide) groups is 1. The van der Waals surface area contributed by atoms with E-state index in [4.69, 9.17) is 4.74 Å². The number of fused-ring (bicyclic) bond motifs is 1. The molecular weight excluding hydrogens is 464 g/mol. The minimum absolute atomic E-state index is 0.250. The number of aliphatic carboxylic acids is 1. The minimum Gasteiger partial charge on any atom is -0.497 e. The first-order valence-electron chi connectivity index (χ1n) is 12.1. The first-order valence-corrected chi connectivity index (χ1v) is 14.0. The molecule has 0 bridgehead atoms. The van der Waals surface area contributed by atoms with Gasteiger partial charge in [0.05, 0.1) is 22.8 Å². The van der Waals surface area contributed by atoms with Gasteiger partial charge in [-0.1, -0.05) is 0 Å². The predicted octanol–water partition coefficient (Wildman–Crippen LogP) is 6.14. The zero-order chi connectivity index (χ0) is 23.9. The number of carbonyl (C=O) groups is 1. The van der Waals surface area contributed by atoms with Crippen LogP contribution in [-0.2, 0) is 11.2 Å². The van der Waals surface area contributed by atoms with Crippen molar-refractivity contribution in [2.45, 2.75) is 43.2 Å². The molecule has 1 N–H and O–H groups in total. The zero-order valence-corrected chi connectivity index (χ0v) is 21.7. The number of carboxylic acids is 1. The lowest BCUT2D eigenvalue weighted by Gasteiger charge is -2.36. The van der Waals surface area contributed by atoms with E-state index in [-0.39, 0.29) is 11.8 Å². The van der Waals surface area contributed by atoms with Gasteiger partial charge in [-0.2, -0.15) is 0 Å². The smallest absolute Gasteiger partial charge is 0.308 e. The van der Waals surface area contributed by atoms with E-state index in [1.165, 1.54) is 15.3 Å². The Labute approximate surface area is 210 Å². The molecule has 0 saturated carbocycles. The molecule has 0 spiro atoms. The van der Waals surface area contributed by atoms with Gasteiger partial charge in [0.25, 0.3) is 0 Å². The second kappa shape index (κ2) is 12.0. The molecule has 5 nitrogen and oxygen atoms in total. The second-order valence-corrected chi connectivity index (χ2v) is 11.4. The Morgan fingerprint density at radius 2 is 2.18 bits per heavy atom. The number of carboxylic acid groups (broad SMARTS) is 1. The van der Waals surface area contributed by atoms with Gasteiger partial charge in [0.15, 0.2) is 0 Å². The Morgan fingerprint density at radius 3 is 2.94 bits per heavy atom. The molecule has 182 valence electrons. The highest BCUT2D eigenvalue weighted by atomic mass is 32.2. The summed E-state index contributed by atoms with van der Waals surface area (Å²) < 4.78 is 6.79. The van der Waals surface area contributed by atoms with Crippen molar-refractivity contribution in [3.8, 4) is 5.75 Å². The average Bonchev–Trinajstić information content (AvgIpc) is 3.26. The normalized spacial score (nSPS) is 18.9. The Morgan fingerprint density at radius 1 is 1.29 bits per heavy atom. The number of benzene rings is 1. The number of aromatic nitrogens is 1. The fourth-order valence-corrected chi connectivity index (χ4v) is 7.03. The van der Waals surface area contributed by atoms with Crippen LogP contribution in [0.15, 0.2) is 46.1 Å². The molecule has 4 rings (SSSR count). The monoisotopic (exact) mass is 498 g/mol. The van der Waals surface area contributed by atoms with E-state index in [2.05, 4.69) is 34.3 Å². The summed E-state index contributed by atoms with van der Waals surface area (Å²) >= 11 is 3.74. The maximum absolute atomic E-state index is 12.1. The Hall–Kier alpha value is -2.09. The van der Waals surface area contributed by atoms with Crippen molar-refractivity contribution in [1.82, 2.24) is 9.88 Å². The van der Waals surface area contributed by atoms with Gasteiger partial charge < -0.3 is 14.7 Å². The van der Waals surface area contributed by atoms with E-state index in [1.54, 1.807) is 7.11 Å². The highest BCUT2D eigenvalue weighted by Gasteiger charge is 2.33. The number of likely N-dealkylation sites (tertiary alicyclic amines) is 1. The molecule has 2 atom stereocenters. The summed E-state index contributed by atoms with van der Waals surface area (Å²) in [5, 5.41) is 13.2. The number of hydrogen-bond acceptors (Lipinski definition) is 6. The summed E-state index contributed by atoms with van der Waals surface area (Å²) in [6.07, 6.45) is 6.79. The lowest BCUT2D eigenvalue weighted by molar-refractivity contribution is -0.146. The van der Waals surface area contributed by atoms with Gasteiger partial charge in [-0.25, -0.2) is 0 Å². The van der Waals surface area contributed by atoms with Gasteiger partial charge in [-0.3, -0.25) is 9.78 Å². The molecule has 0 amide bonds. The van der Waals surface area contributed by atoms with E-state index in [0.29, 0.717) is 6.54 Å². The molecule has 1 aliphatic rings. The average molecular weight is 499 g/mol. The van der Waals surface area contributed by atoms with Crippen LogP contribution in [0.2, 0.25) is 0 Å². The third-order valence-electron chi connectivity index (χ3n) is 6.88. The summed E-state index contributed by atoms with van der Waals surface area (Å²) in [5.74, 6) is 1.26. The van der Waals surface area contributed by atoms with Gasteiger partial charge in [0, 0.05) is 23.9 Å². The molecular formula is C27H34N2O3S2. The van der Waals surface area contributed by atoms with Crippen molar-refractivity contribution in [2.75, 3.05) is 32.5 Å². The highest BCUT2D eigenvalue weighted by Crippen LogP contribution is 2.31. The van der Waals surface area contributed by atoms with Crippen molar-refractivity contribution < 1.29 is 14.6 Å². The van der Waals surface area contributed by atoms with Crippen LogP contribution in [0.3, 0.4) is 0 Å². The fourth-order valence-electron chi connectivity index (χ4n) is 4.94. The molecule has 1 saturated heterocycles. The van der Waals surface area contributed by atoms with Gasteiger partial charge >= 0.3 is 5.97 Å². The third-order valence-corrected chi connectivity index (χ3v) is 9.41. The van der Waals surface area contributed by atoms with Crippen LogP contribution < -0.4 is 4.74 Å². The quantitative estimate of drug-likeness (QED) is 0.253. The largest absolute Gasteiger partial charge is 0.497 e. The molecule has 34 heavy (non-hydrogen) atoms. The summed E-state index contributed by atoms with van der Waals surface area (Å²) in [6.45, 7) is 4.83. The summed E-state index contributed by atoms with van der Waals surface area (Å²) in [4.78, 5) is 18.9. The number of rotatable bonds is 11. The molecule has 3 heterocycles. The molecule has 1 aromatic carbocycles. The van der Waals surface area contributed by atoms with Crippen LogP contribution in [0, 0.1) is 18.8 Å². The van der Waals surface area contributed by atoms with Gasteiger partial charge in [0.1, 0.15) is 5.75 Å². The number of piperidine rings is 1. The van der Waals surface area contributed by atoms with E-state index in [9.17, 15) is 9.90 Å². The van der Waals surface area contributed by atoms with Gasteiger partial charge in [0.2, 0.25) is 0 Å². The van der Waals surface area contributed by atoms with Crippen LogP contribution >= 0.6 is 23.1 Å².